The topological polar surface area (TPSA) is 88.8 Å². The van der Waals surface area contributed by atoms with Crippen molar-refractivity contribution in [2.24, 2.45) is 0 Å². The Morgan fingerprint density at radius 3 is 2.39 bits per heavy atom. The summed E-state index contributed by atoms with van der Waals surface area (Å²) >= 11 is 1.53. The molecule has 8 nitrogen and oxygen atoms in total. The predicted molar refractivity (Wildman–Crippen MR) is 108 cm³/mol. The zero-order chi connectivity index (χ0) is 20.1. The number of nitro groups is 1. The molecule has 28 heavy (non-hydrogen) atoms. The first-order valence-corrected chi connectivity index (χ1v) is 9.81. The summed E-state index contributed by atoms with van der Waals surface area (Å²) in [6.07, 6.45) is 1.51. The standard InChI is InChI=1S/C19H22N4O4S/c1-14(28-17-6-4-16(27-2)5-7-17)19(24)22-11-9-21(10-12-22)15-3-8-18(20-13-15)23(25)26/h3-8,13-14H,9-12H2,1-2H3. The van der Waals surface area contributed by atoms with E-state index in [0.29, 0.717) is 26.2 Å². The Labute approximate surface area is 167 Å². The molecule has 1 aliphatic heterocycles. The molecular weight excluding hydrogens is 380 g/mol. The fourth-order valence-electron chi connectivity index (χ4n) is 3.02. The van der Waals surface area contributed by atoms with Crippen LogP contribution in [-0.4, -0.2) is 59.3 Å². The fraction of sp³-hybridized carbons (Fsp3) is 0.368. The summed E-state index contributed by atoms with van der Waals surface area (Å²) in [7, 11) is 1.63. The van der Waals surface area contributed by atoms with Crippen LogP contribution in [0.4, 0.5) is 11.5 Å². The van der Waals surface area contributed by atoms with Crippen LogP contribution < -0.4 is 9.64 Å². The maximum Gasteiger partial charge on any atom is 0.363 e. The van der Waals surface area contributed by atoms with Crippen LogP contribution in [0, 0.1) is 10.1 Å². The van der Waals surface area contributed by atoms with E-state index in [1.807, 2.05) is 36.1 Å². The maximum absolute atomic E-state index is 12.8. The second-order valence-corrected chi connectivity index (χ2v) is 7.79. The number of methoxy groups -OCH3 is 1. The molecule has 1 fully saturated rings. The summed E-state index contributed by atoms with van der Waals surface area (Å²) in [5.41, 5.74) is 0.832. The lowest BCUT2D eigenvalue weighted by atomic mass is 10.2. The molecule has 9 heteroatoms. The summed E-state index contributed by atoms with van der Waals surface area (Å²) in [4.78, 5) is 31.8. The highest BCUT2D eigenvalue weighted by Crippen LogP contribution is 2.27. The van der Waals surface area contributed by atoms with E-state index < -0.39 is 4.92 Å². The number of hydrogen-bond donors (Lipinski definition) is 0. The molecule has 1 atom stereocenters. The van der Waals surface area contributed by atoms with Crippen LogP contribution >= 0.6 is 11.8 Å². The molecule has 3 rings (SSSR count). The minimum atomic E-state index is -0.512. The zero-order valence-corrected chi connectivity index (χ0v) is 16.6. The minimum absolute atomic E-state index is 0.113. The van der Waals surface area contributed by atoms with Crippen molar-refractivity contribution >= 4 is 29.2 Å². The van der Waals surface area contributed by atoms with E-state index in [4.69, 9.17) is 4.74 Å². The zero-order valence-electron chi connectivity index (χ0n) is 15.8. The number of amides is 1. The molecular formula is C19H22N4O4S. The quantitative estimate of drug-likeness (QED) is 0.417. The van der Waals surface area contributed by atoms with Crippen LogP contribution in [0.25, 0.3) is 0 Å². The van der Waals surface area contributed by atoms with Crippen LogP contribution in [0.15, 0.2) is 47.5 Å². The average molecular weight is 402 g/mol. The minimum Gasteiger partial charge on any atom is -0.497 e. The third-order valence-electron chi connectivity index (χ3n) is 4.60. The van der Waals surface area contributed by atoms with E-state index in [1.165, 1.54) is 24.0 Å². The highest BCUT2D eigenvalue weighted by atomic mass is 32.2. The van der Waals surface area contributed by atoms with Gasteiger partial charge in [0.15, 0.2) is 6.20 Å². The lowest BCUT2D eigenvalue weighted by Gasteiger charge is -2.36. The Bertz CT molecular complexity index is 821. The van der Waals surface area contributed by atoms with Crippen molar-refractivity contribution in [3.63, 3.8) is 0 Å². The Hall–Kier alpha value is -2.81. The molecule has 0 N–H and O–H groups in total. The molecule has 1 unspecified atom stereocenters. The van der Waals surface area contributed by atoms with Gasteiger partial charge in [0, 0.05) is 37.1 Å². The van der Waals surface area contributed by atoms with Gasteiger partial charge in [0.2, 0.25) is 5.91 Å². The lowest BCUT2D eigenvalue weighted by Crippen LogP contribution is -2.50. The van der Waals surface area contributed by atoms with Crippen LogP contribution in [0.2, 0.25) is 0 Å². The molecule has 2 heterocycles. The second-order valence-electron chi connectivity index (χ2n) is 6.38. The second kappa shape index (κ2) is 8.92. The fourth-order valence-corrected chi connectivity index (χ4v) is 3.98. The van der Waals surface area contributed by atoms with E-state index in [0.717, 1.165) is 16.3 Å². The number of anilines is 1. The number of pyridine rings is 1. The maximum atomic E-state index is 12.8. The Morgan fingerprint density at radius 1 is 1.18 bits per heavy atom. The van der Waals surface area contributed by atoms with Gasteiger partial charge in [-0.15, -0.1) is 11.8 Å². The molecule has 1 aromatic heterocycles. The molecule has 0 aliphatic carbocycles. The summed E-state index contributed by atoms with van der Waals surface area (Å²) < 4.78 is 5.15. The first kappa shape index (κ1) is 19.9. The van der Waals surface area contributed by atoms with E-state index >= 15 is 0 Å². The molecule has 0 saturated carbocycles. The molecule has 1 amide bonds. The van der Waals surface area contributed by atoms with Crippen LogP contribution in [-0.2, 0) is 4.79 Å². The molecule has 0 radical (unpaired) electrons. The van der Waals surface area contributed by atoms with Crippen LogP contribution in [0.1, 0.15) is 6.92 Å². The number of carbonyl (C=O) groups excluding carboxylic acids is 1. The first-order valence-electron chi connectivity index (χ1n) is 8.93. The van der Waals surface area contributed by atoms with Gasteiger partial charge in [0.1, 0.15) is 5.75 Å². The predicted octanol–water partition coefficient (Wildman–Crippen LogP) is 2.83. The number of aromatic nitrogens is 1. The van der Waals surface area contributed by atoms with Gasteiger partial charge in [0.05, 0.1) is 18.0 Å². The summed E-state index contributed by atoms with van der Waals surface area (Å²) in [5.74, 6) is 0.740. The highest BCUT2D eigenvalue weighted by molar-refractivity contribution is 8.00. The number of piperazine rings is 1. The van der Waals surface area contributed by atoms with Crippen molar-refractivity contribution in [2.75, 3.05) is 38.2 Å². The van der Waals surface area contributed by atoms with Crippen molar-refractivity contribution in [3.8, 4) is 5.75 Å². The number of benzene rings is 1. The van der Waals surface area contributed by atoms with Gasteiger partial charge < -0.3 is 24.7 Å². The molecule has 0 spiro atoms. The van der Waals surface area contributed by atoms with Gasteiger partial charge in [-0.2, -0.15) is 0 Å². The van der Waals surface area contributed by atoms with Gasteiger partial charge >= 0.3 is 5.82 Å². The molecule has 0 bridgehead atoms. The van der Waals surface area contributed by atoms with Gasteiger partial charge in [-0.1, -0.05) is 0 Å². The number of thioether (sulfide) groups is 1. The van der Waals surface area contributed by atoms with Gasteiger partial charge in [-0.05, 0) is 47.2 Å². The normalized spacial score (nSPS) is 15.2. The van der Waals surface area contributed by atoms with Crippen molar-refractivity contribution < 1.29 is 14.5 Å². The van der Waals surface area contributed by atoms with Crippen molar-refractivity contribution in [1.82, 2.24) is 9.88 Å². The van der Waals surface area contributed by atoms with Crippen LogP contribution in [0.5, 0.6) is 5.75 Å². The Kier molecular flexibility index (Phi) is 6.35. The molecule has 2 aromatic rings. The number of hydrogen-bond acceptors (Lipinski definition) is 7. The summed E-state index contributed by atoms with van der Waals surface area (Å²) in [5, 5.41) is 10.5. The summed E-state index contributed by atoms with van der Waals surface area (Å²) in [6, 6.07) is 10.8. The van der Waals surface area contributed by atoms with E-state index in [9.17, 15) is 14.9 Å². The molecule has 1 aromatic carbocycles. The number of ether oxygens (including phenoxy) is 1. The largest absolute Gasteiger partial charge is 0.497 e. The number of carbonyl (C=O) groups is 1. The SMILES string of the molecule is COc1ccc(SC(C)C(=O)N2CCN(c3ccc([N+](=O)[O-])nc3)CC2)cc1. The van der Waals surface area contributed by atoms with Gasteiger partial charge in [-0.3, -0.25) is 4.79 Å². The lowest BCUT2D eigenvalue weighted by molar-refractivity contribution is -0.389. The monoisotopic (exact) mass is 402 g/mol. The molecule has 1 aliphatic rings. The summed E-state index contributed by atoms with van der Waals surface area (Å²) in [6.45, 7) is 4.49. The highest BCUT2D eigenvalue weighted by Gasteiger charge is 2.26. The Balaban J connectivity index is 1.53. The third kappa shape index (κ3) is 4.72. The van der Waals surface area contributed by atoms with Gasteiger partial charge in [0.25, 0.3) is 0 Å². The van der Waals surface area contributed by atoms with Crippen molar-refractivity contribution in [3.05, 3.63) is 52.7 Å². The van der Waals surface area contributed by atoms with E-state index in [2.05, 4.69) is 9.88 Å². The molecule has 1 saturated heterocycles. The van der Waals surface area contributed by atoms with Gasteiger partial charge in [-0.25, -0.2) is 0 Å². The van der Waals surface area contributed by atoms with E-state index in [1.54, 1.807) is 13.2 Å². The number of rotatable bonds is 6. The third-order valence-corrected chi connectivity index (χ3v) is 5.70. The average Bonchev–Trinajstić information content (AvgIpc) is 2.74. The smallest absolute Gasteiger partial charge is 0.363 e. The molecule has 148 valence electrons. The number of nitrogens with zero attached hydrogens (tertiary/aromatic N) is 4. The van der Waals surface area contributed by atoms with Crippen molar-refractivity contribution in [2.45, 2.75) is 17.1 Å². The van der Waals surface area contributed by atoms with E-state index in [-0.39, 0.29) is 17.0 Å². The van der Waals surface area contributed by atoms with Crippen molar-refractivity contribution in [1.29, 1.82) is 0 Å². The van der Waals surface area contributed by atoms with Crippen LogP contribution in [0.3, 0.4) is 0 Å². The first-order chi connectivity index (χ1) is 13.5. The Morgan fingerprint density at radius 2 is 1.86 bits per heavy atom.